The molecule has 0 spiro atoms. The van der Waals surface area contributed by atoms with Gasteiger partial charge in [-0.2, -0.15) is 13.2 Å². The van der Waals surface area contributed by atoms with Crippen LogP contribution in [-0.2, 0) is 9.53 Å². The van der Waals surface area contributed by atoms with Crippen LogP contribution in [0.25, 0.3) is 0 Å². The van der Waals surface area contributed by atoms with Gasteiger partial charge in [-0.15, -0.1) is 12.4 Å². The Labute approximate surface area is 134 Å². The molecule has 0 unspecified atom stereocenters. The van der Waals surface area contributed by atoms with Crippen molar-refractivity contribution in [2.75, 3.05) is 32.8 Å². The van der Waals surface area contributed by atoms with Crippen molar-refractivity contribution in [1.29, 1.82) is 0 Å². The SMILES string of the molecule is C[C@H]1OCCN[C@@H]1C(=O)NC1CCN(CC(F)(F)F)CC1.Cl. The number of nitrogens with one attached hydrogen (secondary N) is 2. The zero-order valence-corrected chi connectivity index (χ0v) is 13.3. The number of halogens is 4. The first-order chi connectivity index (χ1) is 9.85. The molecular weight excluding hydrogens is 323 g/mol. The van der Waals surface area contributed by atoms with Crippen LogP contribution in [0.3, 0.4) is 0 Å². The minimum absolute atomic E-state index is 0. The first kappa shape index (κ1) is 19.5. The van der Waals surface area contributed by atoms with E-state index in [9.17, 15) is 18.0 Å². The number of alkyl halides is 3. The van der Waals surface area contributed by atoms with E-state index in [1.54, 1.807) is 0 Å². The van der Waals surface area contributed by atoms with Crippen molar-refractivity contribution < 1.29 is 22.7 Å². The molecule has 0 aromatic heterocycles. The van der Waals surface area contributed by atoms with Gasteiger partial charge in [-0.1, -0.05) is 0 Å². The minimum Gasteiger partial charge on any atom is -0.375 e. The molecule has 2 atom stereocenters. The van der Waals surface area contributed by atoms with E-state index in [0.29, 0.717) is 39.1 Å². The zero-order valence-electron chi connectivity index (χ0n) is 12.5. The monoisotopic (exact) mass is 345 g/mol. The lowest BCUT2D eigenvalue weighted by molar-refractivity contribution is -0.148. The van der Waals surface area contributed by atoms with Crippen LogP contribution >= 0.6 is 12.4 Å². The molecule has 2 heterocycles. The predicted molar refractivity (Wildman–Crippen MR) is 78.1 cm³/mol. The molecule has 0 saturated carbocycles. The Bertz CT molecular complexity index is 363. The van der Waals surface area contributed by atoms with E-state index >= 15 is 0 Å². The van der Waals surface area contributed by atoms with Gasteiger partial charge < -0.3 is 15.4 Å². The molecule has 0 radical (unpaired) electrons. The Kier molecular flexibility index (Phi) is 7.37. The van der Waals surface area contributed by atoms with Crippen LogP contribution in [0.1, 0.15) is 19.8 Å². The molecule has 130 valence electrons. The molecule has 2 N–H and O–H groups in total. The summed E-state index contributed by atoms with van der Waals surface area (Å²) in [7, 11) is 0. The first-order valence-electron chi connectivity index (χ1n) is 7.29. The lowest BCUT2D eigenvalue weighted by Crippen LogP contribution is -2.58. The van der Waals surface area contributed by atoms with Crippen LogP contribution in [0.5, 0.6) is 0 Å². The summed E-state index contributed by atoms with van der Waals surface area (Å²) in [5, 5.41) is 6.01. The molecule has 0 aromatic carbocycles. The van der Waals surface area contributed by atoms with Crippen molar-refractivity contribution in [1.82, 2.24) is 15.5 Å². The van der Waals surface area contributed by atoms with E-state index in [2.05, 4.69) is 10.6 Å². The fourth-order valence-electron chi connectivity index (χ4n) is 2.81. The van der Waals surface area contributed by atoms with Crippen molar-refractivity contribution in [2.45, 2.75) is 44.1 Å². The number of rotatable bonds is 3. The minimum atomic E-state index is -4.16. The Morgan fingerprint density at radius 1 is 1.36 bits per heavy atom. The van der Waals surface area contributed by atoms with Gasteiger partial charge in [0.05, 0.1) is 19.3 Å². The fourth-order valence-corrected chi connectivity index (χ4v) is 2.81. The van der Waals surface area contributed by atoms with Gasteiger partial charge in [-0.25, -0.2) is 0 Å². The summed E-state index contributed by atoms with van der Waals surface area (Å²) >= 11 is 0. The third-order valence-electron chi connectivity index (χ3n) is 3.94. The van der Waals surface area contributed by atoms with Gasteiger partial charge in [-0.05, 0) is 19.8 Å². The van der Waals surface area contributed by atoms with E-state index in [1.165, 1.54) is 4.90 Å². The van der Waals surface area contributed by atoms with Gasteiger partial charge in [0, 0.05) is 25.7 Å². The summed E-state index contributed by atoms with van der Waals surface area (Å²) in [5.74, 6) is -0.128. The summed E-state index contributed by atoms with van der Waals surface area (Å²) in [6.45, 7) is 2.89. The number of ether oxygens (including phenoxy) is 1. The molecule has 22 heavy (non-hydrogen) atoms. The molecule has 2 fully saturated rings. The number of carbonyl (C=O) groups excluding carboxylic acids is 1. The van der Waals surface area contributed by atoms with Gasteiger partial charge in [0.2, 0.25) is 5.91 Å². The summed E-state index contributed by atoms with van der Waals surface area (Å²) in [4.78, 5) is 13.5. The molecule has 2 aliphatic rings. The van der Waals surface area contributed by atoms with Crippen LogP contribution in [0.4, 0.5) is 13.2 Å². The molecular formula is C13H23ClF3N3O2. The van der Waals surface area contributed by atoms with Crippen LogP contribution in [0, 0.1) is 0 Å². The molecule has 0 aromatic rings. The van der Waals surface area contributed by atoms with E-state index in [-0.39, 0.29) is 36.5 Å². The number of nitrogens with zero attached hydrogens (tertiary/aromatic N) is 1. The van der Waals surface area contributed by atoms with Crippen LogP contribution in [0.2, 0.25) is 0 Å². The molecule has 2 saturated heterocycles. The van der Waals surface area contributed by atoms with Crippen molar-refractivity contribution in [3.63, 3.8) is 0 Å². The molecule has 9 heteroatoms. The lowest BCUT2D eigenvalue weighted by Gasteiger charge is -2.35. The van der Waals surface area contributed by atoms with Gasteiger partial charge in [-0.3, -0.25) is 9.69 Å². The van der Waals surface area contributed by atoms with Crippen molar-refractivity contribution in [2.24, 2.45) is 0 Å². The number of piperidine rings is 1. The highest BCUT2D eigenvalue weighted by molar-refractivity contribution is 5.85. The number of likely N-dealkylation sites (tertiary alicyclic amines) is 1. The molecule has 1 amide bonds. The smallest absolute Gasteiger partial charge is 0.375 e. The quantitative estimate of drug-likeness (QED) is 0.799. The highest BCUT2D eigenvalue weighted by Gasteiger charge is 2.34. The molecule has 2 rings (SSSR count). The second-order valence-corrected chi connectivity index (χ2v) is 5.68. The van der Waals surface area contributed by atoms with E-state index in [1.807, 2.05) is 6.92 Å². The summed E-state index contributed by atoms with van der Waals surface area (Å²) in [6.07, 6.45) is -3.26. The highest BCUT2D eigenvalue weighted by Crippen LogP contribution is 2.20. The van der Waals surface area contributed by atoms with Crippen molar-refractivity contribution in [3.8, 4) is 0 Å². The number of hydrogen-bond donors (Lipinski definition) is 2. The summed E-state index contributed by atoms with van der Waals surface area (Å²) in [5.41, 5.74) is 0. The average Bonchev–Trinajstić information content (AvgIpc) is 2.40. The Hall–Kier alpha value is -0.570. The van der Waals surface area contributed by atoms with Gasteiger partial charge in [0.25, 0.3) is 0 Å². The second kappa shape index (κ2) is 8.33. The Morgan fingerprint density at radius 3 is 2.55 bits per heavy atom. The fraction of sp³-hybridized carbons (Fsp3) is 0.923. The first-order valence-corrected chi connectivity index (χ1v) is 7.29. The molecule has 0 aliphatic carbocycles. The number of amides is 1. The summed E-state index contributed by atoms with van der Waals surface area (Å²) in [6, 6.07) is -0.440. The largest absolute Gasteiger partial charge is 0.401 e. The highest BCUT2D eigenvalue weighted by atomic mass is 35.5. The number of carbonyl (C=O) groups is 1. The topological polar surface area (TPSA) is 53.6 Å². The van der Waals surface area contributed by atoms with E-state index in [4.69, 9.17) is 4.74 Å². The second-order valence-electron chi connectivity index (χ2n) is 5.68. The van der Waals surface area contributed by atoms with Crippen LogP contribution < -0.4 is 10.6 Å². The maximum atomic E-state index is 12.3. The third-order valence-corrected chi connectivity index (χ3v) is 3.94. The third kappa shape index (κ3) is 5.91. The standard InChI is InChI=1S/C13H22F3N3O2.ClH/c1-9-11(17-4-7-21-9)12(20)18-10-2-5-19(6-3-10)8-13(14,15)16;/h9-11,17H,2-8H2,1H3,(H,18,20);1H/t9-,11+;/m1./s1. The Morgan fingerprint density at radius 2 is 2.00 bits per heavy atom. The van der Waals surface area contributed by atoms with Crippen molar-refractivity contribution in [3.05, 3.63) is 0 Å². The van der Waals surface area contributed by atoms with E-state index < -0.39 is 12.7 Å². The average molecular weight is 346 g/mol. The predicted octanol–water partition coefficient (Wildman–Crippen LogP) is 0.928. The normalized spacial score (nSPS) is 28.0. The number of morpholine rings is 1. The molecule has 0 bridgehead atoms. The maximum Gasteiger partial charge on any atom is 0.401 e. The van der Waals surface area contributed by atoms with Crippen LogP contribution in [-0.4, -0.2) is 68.0 Å². The van der Waals surface area contributed by atoms with Gasteiger partial charge in [0.15, 0.2) is 0 Å². The lowest BCUT2D eigenvalue weighted by atomic mass is 10.0. The summed E-state index contributed by atoms with van der Waals surface area (Å²) < 4.78 is 42.3. The maximum absolute atomic E-state index is 12.3. The molecule has 2 aliphatic heterocycles. The molecule has 5 nitrogen and oxygen atoms in total. The Balaban J connectivity index is 0.00000242. The van der Waals surface area contributed by atoms with Gasteiger partial charge >= 0.3 is 6.18 Å². The van der Waals surface area contributed by atoms with Crippen molar-refractivity contribution >= 4 is 18.3 Å². The number of hydrogen-bond acceptors (Lipinski definition) is 4. The van der Waals surface area contributed by atoms with E-state index in [0.717, 1.165) is 0 Å². The zero-order chi connectivity index (χ0) is 15.5. The van der Waals surface area contributed by atoms with Crippen LogP contribution in [0.15, 0.2) is 0 Å². The van der Waals surface area contributed by atoms with Gasteiger partial charge in [0.1, 0.15) is 6.04 Å².